The molecule has 2 aromatic carbocycles. The monoisotopic (exact) mass is 367 g/mol. The molecule has 0 saturated heterocycles. The van der Waals surface area contributed by atoms with Crippen LogP contribution in [0.15, 0.2) is 53.3 Å². The lowest BCUT2D eigenvalue weighted by molar-refractivity contribution is -0.122. The van der Waals surface area contributed by atoms with Crippen LogP contribution in [-0.2, 0) is 11.3 Å². The standard InChI is InChI=1S/C20H21N3O4/c1-14-17-5-3-4-6-18(17)20(25)23(22-14)13-19(24)21-11-12-27-16-9-7-15(26-2)8-10-16/h3-10H,11-13H2,1-2H3,(H,21,24). The molecule has 140 valence electrons. The third kappa shape index (κ3) is 4.44. The quantitative estimate of drug-likeness (QED) is 0.645. The van der Waals surface area contributed by atoms with Gasteiger partial charge in [-0.25, -0.2) is 4.68 Å². The number of methoxy groups -OCH3 is 1. The van der Waals surface area contributed by atoms with E-state index in [0.717, 1.165) is 11.1 Å². The first-order chi connectivity index (χ1) is 13.1. The molecule has 1 aromatic heterocycles. The number of ether oxygens (including phenoxy) is 2. The van der Waals surface area contributed by atoms with Gasteiger partial charge in [-0.15, -0.1) is 0 Å². The van der Waals surface area contributed by atoms with Gasteiger partial charge in [-0.05, 0) is 37.3 Å². The number of hydrogen-bond acceptors (Lipinski definition) is 5. The summed E-state index contributed by atoms with van der Waals surface area (Å²) < 4.78 is 11.8. The summed E-state index contributed by atoms with van der Waals surface area (Å²) in [4.78, 5) is 24.6. The summed E-state index contributed by atoms with van der Waals surface area (Å²) in [6.45, 7) is 2.33. The van der Waals surface area contributed by atoms with Crippen molar-refractivity contribution in [2.45, 2.75) is 13.5 Å². The topological polar surface area (TPSA) is 82.4 Å². The van der Waals surface area contributed by atoms with Crippen LogP contribution in [0, 0.1) is 6.92 Å². The highest BCUT2D eigenvalue weighted by molar-refractivity contribution is 5.83. The zero-order chi connectivity index (χ0) is 19.2. The van der Waals surface area contributed by atoms with Crippen LogP contribution in [0.1, 0.15) is 5.69 Å². The molecule has 1 amide bonds. The molecule has 3 aromatic rings. The fourth-order valence-electron chi connectivity index (χ4n) is 2.73. The first-order valence-electron chi connectivity index (χ1n) is 8.58. The highest BCUT2D eigenvalue weighted by atomic mass is 16.5. The molecule has 3 rings (SSSR count). The molecule has 0 fully saturated rings. The van der Waals surface area contributed by atoms with Crippen LogP contribution in [0.25, 0.3) is 10.8 Å². The van der Waals surface area contributed by atoms with Crippen LogP contribution < -0.4 is 20.3 Å². The summed E-state index contributed by atoms with van der Waals surface area (Å²) in [5, 5.41) is 8.32. The molecule has 7 heteroatoms. The number of hydrogen-bond donors (Lipinski definition) is 1. The van der Waals surface area contributed by atoms with E-state index in [4.69, 9.17) is 9.47 Å². The summed E-state index contributed by atoms with van der Waals surface area (Å²) in [5.41, 5.74) is 0.432. The normalized spacial score (nSPS) is 10.6. The van der Waals surface area contributed by atoms with Crippen molar-refractivity contribution in [3.05, 3.63) is 64.6 Å². The molecule has 0 aliphatic carbocycles. The molecule has 27 heavy (non-hydrogen) atoms. The molecule has 0 spiro atoms. The Bertz CT molecular complexity index is 996. The number of carbonyl (C=O) groups excluding carboxylic acids is 1. The summed E-state index contributed by atoms with van der Waals surface area (Å²) in [6.07, 6.45) is 0. The number of fused-ring (bicyclic) bond motifs is 1. The lowest BCUT2D eigenvalue weighted by atomic mass is 10.1. The molecule has 1 heterocycles. The van der Waals surface area contributed by atoms with Crippen LogP contribution in [-0.4, -0.2) is 35.9 Å². The van der Waals surface area contributed by atoms with E-state index < -0.39 is 0 Å². The summed E-state index contributed by atoms with van der Waals surface area (Å²) in [5.74, 6) is 1.14. The van der Waals surface area contributed by atoms with Crippen molar-refractivity contribution < 1.29 is 14.3 Å². The van der Waals surface area contributed by atoms with Gasteiger partial charge in [-0.3, -0.25) is 9.59 Å². The van der Waals surface area contributed by atoms with Gasteiger partial charge in [0.2, 0.25) is 5.91 Å². The molecular weight excluding hydrogens is 346 g/mol. The van der Waals surface area contributed by atoms with Crippen LogP contribution >= 0.6 is 0 Å². The Hall–Kier alpha value is -3.35. The highest BCUT2D eigenvalue weighted by Gasteiger charge is 2.10. The van der Waals surface area contributed by atoms with Crippen molar-refractivity contribution in [2.75, 3.05) is 20.3 Å². The lowest BCUT2D eigenvalue weighted by Gasteiger charge is -2.10. The van der Waals surface area contributed by atoms with Gasteiger partial charge >= 0.3 is 0 Å². The number of nitrogens with one attached hydrogen (secondary N) is 1. The van der Waals surface area contributed by atoms with E-state index in [9.17, 15) is 9.59 Å². The minimum Gasteiger partial charge on any atom is -0.497 e. The molecule has 0 atom stereocenters. The van der Waals surface area contributed by atoms with Crippen molar-refractivity contribution in [1.29, 1.82) is 0 Å². The van der Waals surface area contributed by atoms with Gasteiger partial charge in [0.1, 0.15) is 24.7 Å². The second-order valence-electron chi connectivity index (χ2n) is 5.97. The second-order valence-corrected chi connectivity index (χ2v) is 5.97. The maximum Gasteiger partial charge on any atom is 0.275 e. The smallest absolute Gasteiger partial charge is 0.275 e. The molecular formula is C20H21N3O4. The van der Waals surface area contributed by atoms with Gasteiger partial charge in [-0.2, -0.15) is 5.10 Å². The first-order valence-corrected chi connectivity index (χ1v) is 8.58. The van der Waals surface area contributed by atoms with E-state index in [-0.39, 0.29) is 18.0 Å². The predicted molar refractivity (Wildman–Crippen MR) is 102 cm³/mol. The molecule has 0 aliphatic rings. The summed E-state index contributed by atoms with van der Waals surface area (Å²) >= 11 is 0. The Morgan fingerprint density at radius 2 is 1.74 bits per heavy atom. The van der Waals surface area contributed by atoms with Crippen molar-refractivity contribution in [1.82, 2.24) is 15.1 Å². The summed E-state index contributed by atoms with van der Waals surface area (Å²) in [6, 6.07) is 14.4. The predicted octanol–water partition coefficient (Wildman–Crippen LogP) is 1.91. The van der Waals surface area contributed by atoms with E-state index in [1.807, 2.05) is 19.1 Å². The van der Waals surface area contributed by atoms with E-state index in [1.54, 1.807) is 43.5 Å². The van der Waals surface area contributed by atoms with Gasteiger partial charge in [0, 0.05) is 5.39 Å². The molecule has 0 aliphatic heterocycles. The van der Waals surface area contributed by atoms with E-state index >= 15 is 0 Å². The van der Waals surface area contributed by atoms with Gasteiger partial charge in [-0.1, -0.05) is 18.2 Å². The first kappa shape index (κ1) is 18.4. The molecule has 0 unspecified atom stereocenters. The van der Waals surface area contributed by atoms with E-state index in [2.05, 4.69) is 10.4 Å². The Labute approximate surface area is 156 Å². The van der Waals surface area contributed by atoms with Crippen molar-refractivity contribution in [3.8, 4) is 11.5 Å². The average Bonchev–Trinajstić information content (AvgIpc) is 2.70. The second kappa shape index (κ2) is 8.35. The van der Waals surface area contributed by atoms with Crippen molar-refractivity contribution >= 4 is 16.7 Å². The van der Waals surface area contributed by atoms with Crippen molar-refractivity contribution in [2.24, 2.45) is 0 Å². The largest absolute Gasteiger partial charge is 0.497 e. The maximum absolute atomic E-state index is 12.5. The van der Waals surface area contributed by atoms with Crippen LogP contribution in [0.5, 0.6) is 11.5 Å². The lowest BCUT2D eigenvalue weighted by Crippen LogP contribution is -2.35. The Kier molecular flexibility index (Phi) is 5.71. The SMILES string of the molecule is COc1ccc(OCCNC(=O)Cn2nc(C)c3ccccc3c2=O)cc1. The number of benzene rings is 2. The number of carbonyl (C=O) groups is 1. The van der Waals surface area contributed by atoms with Gasteiger partial charge < -0.3 is 14.8 Å². The fraction of sp³-hybridized carbons (Fsp3) is 0.250. The summed E-state index contributed by atoms with van der Waals surface area (Å²) in [7, 11) is 1.60. The van der Waals surface area contributed by atoms with Crippen LogP contribution in [0.2, 0.25) is 0 Å². The zero-order valence-electron chi connectivity index (χ0n) is 15.3. The number of rotatable bonds is 7. The van der Waals surface area contributed by atoms with Gasteiger partial charge in [0.15, 0.2) is 0 Å². The number of aromatic nitrogens is 2. The maximum atomic E-state index is 12.5. The minimum absolute atomic E-state index is 0.132. The fourth-order valence-corrected chi connectivity index (χ4v) is 2.73. The zero-order valence-corrected chi connectivity index (χ0v) is 15.3. The minimum atomic E-state index is -0.294. The third-order valence-corrected chi connectivity index (χ3v) is 4.10. The molecule has 7 nitrogen and oxygen atoms in total. The third-order valence-electron chi connectivity index (χ3n) is 4.10. The van der Waals surface area contributed by atoms with Gasteiger partial charge in [0.25, 0.3) is 5.56 Å². The molecule has 0 radical (unpaired) electrons. The molecule has 0 bridgehead atoms. The Morgan fingerprint density at radius 1 is 1.07 bits per heavy atom. The van der Waals surface area contributed by atoms with Crippen LogP contribution in [0.3, 0.4) is 0 Å². The van der Waals surface area contributed by atoms with E-state index in [1.165, 1.54) is 4.68 Å². The molecule has 1 N–H and O–H groups in total. The number of aryl methyl sites for hydroxylation is 1. The number of nitrogens with zero attached hydrogens (tertiary/aromatic N) is 2. The van der Waals surface area contributed by atoms with Crippen molar-refractivity contribution in [3.63, 3.8) is 0 Å². The average molecular weight is 367 g/mol. The Balaban J connectivity index is 1.54. The Morgan fingerprint density at radius 3 is 2.44 bits per heavy atom. The molecule has 0 saturated carbocycles. The van der Waals surface area contributed by atoms with Gasteiger partial charge in [0.05, 0.1) is 24.7 Å². The number of amides is 1. The van der Waals surface area contributed by atoms with Crippen LogP contribution in [0.4, 0.5) is 0 Å². The highest BCUT2D eigenvalue weighted by Crippen LogP contribution is 2.16. The van der Waals surface area contributed by atoms with E-state index in [0.29, 0.717) is 30.0 Å².